The molecule has 36 heavy (non-hydrogen) atoms. The Morgan fingerprint density at radius 2 is 1.75 bits per heavy atom. The number of carboxylic acids is 1. The number of rotatable bonds is 7. The summed E-state index contributed by atoms with van der Waals surface area (Å²) < 4.78 is 22.0. The van der Waals surface area contributed by atoms with E-state index >= 15 is 0 Å². The quantitative estimate of drug-likeness (QED) is 0.509. The number of hydrogen-bond acceptors (Lipinski definition) is 4. The molecule has 1 saturated heterocycles. The number of anilines is 1. The van der Waals surface area contributed by atoms with Gasteiger partial charge in [0.05, 0.1) is 30.7 Å². The van der Waals surface area contributed by atoms with Gasteiger partial charge in [-0.3, -0.25) is 9.59 Å². The number of benzene rings is 2. The van der Waals surface area contributed by atoms with Crippen LogP contribution in [0.2, 0.25) is 0 Å². The lowest BCUT2D eigenvalue weighted by atomic mass is 9.57. The first-order valence-electron chi connectivity index (χ1n) is 12.4. The predicted molar refractivity (Wildman–Crippen MR) is 136 cm³/mol. The van der Waals surface area contributed by atoms with E-state index < -0.39 is 11.5 Å². The van der Waals surface area contributed by atoms with Gasteiger partial charge in [0.2, 0.25) is 0 Å². The zero-order valence-electron chi connectivity index (χ0n) is 20.7. The fourth-order valence-electron chi connectivity index (χ4n) is 6.19. The summed E-state index contributed by atoms with van der Waals surface area (Å²) in [6.45, 7) is 7.56. The van der Waals surface area contributed by atoms with Crippen LogP contribution in [-0.4, -0.2) is 53.4 Å². The molecular weight excluding hydrogens is 461 g/mol. The van der Waals surface area contributed by atoms with Crippen molar-refractivity contribution in [2.45, 2.75) is 45.2 Å². The van der Waals surface area contributed by atoms with Crippen LogP contribution in [0.1, 0.15) is 49.0 Å². The minimum absolute atomic E-state index is 0.0758. The predicted octanol–water partition coefficient (Wildman–Crippen LogP) is 4.43. The average molecular weight is 494 g/mol. The molecule has 0 unspecified atom stereocenters. The number of carbonyl (C=O) groups excluding carboxylic acids is 1. The monoisotopic (exact) mass is 493 g/mol. The van der Waals surface area contributed by atoms with Crippen molar-refractivity contribution < 1.29 is 23.8 Å². The first kappa shape index (κ1) is 24.3. The Balaban J connectivity index is 1.36. The molecule has 2 aromatic carbocycles. The number of hydrogen-bond donors (Lipinski definition) is 2. The van der Waals surface area contributed by atoms with Crippen molar-refractivity contribution in [3.63, 3.8) is 0 Å². The number of morpholine rings is 1. The minimum atomic E-state index is -0.832. The van der Waals surface area contributed by atoms with Crippen LogP contribution < -0.4 is 10.2 Å². The highest BCUT2D eigenvalue weighted by Gasteiger charge is 2.50. The van der Waals surface area contributed by atoms with Gasteiger partial charge < -0.3 is 24.6 Å². The van der Waals surface area contributed by atoms with E-state index in [4.69, 9.17) is 9.84 Å². The highest BCUT2D eigenvalue weighted by atomic mass is 19.1. The van der Waals surface area contributed by atoms with Crippen molar-refractivity contribution in [3.8, 4) is 0 Å². The average Bonchev–Trinajstić information content (AvgIpc) is 3.23. The third-order valence-corrected chi connectivity index (χ3v) is 7.41. The van der Waals surface area contributed by atoms with Gasteiger partial charge in [0.1, 0.15) is 5.82 Å². The normalized spacial score (nSPS) is 23.9. The summed E-state index contributed by atoms with van der Waals surface area (Å²) in [5.74, 6) is -1.48. The molecule has 2 aliphatic rings. The lowest BCUT2D eigenvalue weighted by Crippen LogP contribution is -2.59. The molecule has 0 atom stereocenters. The Kier molecular flexibility index (Phi) is 6.24. The van der Waals surface area contributed by atoms with Gasteiger partial charge in [0.15, 0.2) is 0 Å². The molecule has 0 radical (unpaired) electrons. The van der Waals surface area contributed by atoms with E-state index in [0.717, 1.165) is 37.6 Å². The van der Waals surface area contributed by atoms with E-state index in [1.165, 1.54) is 12.1 Å². The maximum absolute atomic E-state index is 14.7. The summed E-state index contributed by atoms with van der Waals surface area (Å²) >= 11 is 0. The van der Waals surface area contributed by atoms with Crippen LogP contribution >= 0.6 is 0 Å². The number of fused-ring (bicyclic) bond motifs is 1. The molecule has 1 aliphatic carbocycles. The number of halogens is 1. The summed E-state index contributed by atoms with van der Waals surface area (Å²) in [6, 6.07) is 12.9. The maximum atomic E-state index is 14.7. The van der Waals surface area contributed by atoms with E-state index in [1.807, 2.05) is 24.6 Å². The zero-order chi connectivity index (χ0) is 25.5. The maximum Gasteiger partial charge on any atom is 0.303 e. The highest BCUT2D eigenvalue weighted by Crippen LogP contribution is 2.50. The second-order valence-electron chi connectivity index (χ2n) is 10.8. The third kappa shape index (κ3) is 4.82. The van der Waals surface area contributed by atoms with Crippen LogP contribution in [0.5, 0.6) is 0 Å². The molecule has 2 N–H and O–H groups in total. The Labute approximate surface area is 209 Å². The van der Waals surface area contributed by atoms with Gasteiger partial charge in [-0.1, -0.05) is 19.1 Å². The molecule has 2 fully saturated rings. The van der Waals surface area contributed by atoms with Crippen LogP contribution in [0.25, 0.3) is 10.9 Å². The molecule has 0 bridgehead atoms. The van der Waals surface area contributed by atoms with Crippen LogP contribution in [-0.2, 0) is 16.1 Å². The van der Waals surface area contributed by atoms with E-state index in [-0.39, 0.29) is 23.6 Å². The summed E-state index contributed by atoms with van der Waals surface area (Å²) in [4.78, 5) is 26.8. The van der Waals surface area contributed by atoms with Gasteiger partial charge >= 0.3 is 5.97 Å². The SMILES string of the molecule is CC1(CC(=O)O)CC(C)(NC(=O)c2ccc(F)c3ccn(Cc4ccc(N5CCOCC5)cc4)c23)C1. The van der Waals surface area contributed by atoms with Crippen molar-refractivity contribution in [3.05, 3.63) is 65.6 Å². The Hall–Kier alpha value is -3.39. The smallest absolute Gasteiger partial charge is 0.303 e. The molecule has 7 nitrogen and oxygen atoms in total. The molecule has 1 amide bonds. The largest absolute Gasteiger partial charge is 0.481 e. The number of nitrogens with one attached hydrogen (secondary N) is 1. The molecular formula is C28H32FN3O4. The van der Waals surface area contributed by atoms with Gasteiger partial charge in [0.25, 0.3) is 5.91 Å². The van der Waals surface area contributed by atoms with Crippen LogP contribution in [0, 0.1) is 11.2 Å². The van der Waals surface area contributed by atoms with Crippen LogP contribution in [0.4, 0.5) is 10.1 Å². The second-order valence-corrected chi connectivity index (χ2v) is 10.8. The van der Waals surface area contributed by atoms with E-state index in [1.54, 1.807) is 6.07 Å². The Morgan fingerprint density at radius 1 is 1.06 bits per heavy atom. The summed E-state index contributed by atoms with van der Waals surface area (Å²) in [6.07, 6.45) is 3.06. The number of carboxylic acid groups (broad SMARTS) is 1. The molecule has 1 aromatic heterocycles. The topological polar surface area (TPSA) is 83.8 Å². The second kappa shape index (κ2) is 9.24. The van der Waals surface area contributed by atoms with Crippen molar-refractivity contribution in [2.24, 2.45) is 5.41 Å². The van der Waals surface area contributed by atoms with Crippen LogP contribution in [0.3, 0.4) is 0 Å². The molecule has 2 heterocycles. The van der Waals surface area contributed by atoms with Gasteiger partial charge in [0, 0.05) is 42.4 Å². The summed E-state index contributed by atoms with van der Waals surface area (Å²) in [5, 5.41) is 12.7. The van der Waals surface area contributed by atoms with Crippen LogP contribution in [0.15, 0.2) is 48.7 Å². The molecule has 5 rings (SSSR count). The third-order valence-electron chi connectivity index (χ3n) is 7.41. The molecule has 1 aliphatic heterocycles. The standard InChI is InChI=1S/C28H32FN3O4/c1-27(15-24(33)34)17-28(2,18-27)30-26(35)22-7-8-23(29)21-9-10-32(25(21)22)16-19-3-5-20(6-4-19)31-11-13-36-14-12-31/h3-10H,11-18H2,1-2H3,(H,30,35)(H,33,34). The van der Waals surface area contributed by atoms with Gasteiger partial charge in [-0.15, -0.1) is 0 Å². The summed E-state index contributed by atoms with van der Waals surface area (Å²) in [5.41, 5.74) is 2.34. The fourth-order valence-corrected chi connectivity index (χ4v) is 6.19. The molecule has 0 spiro atoms. The Morgan fingerprint density at radius 3 is 2.42 bits per heavy atom. The zero-order valence-corrected chi connectivity index (χ0v) is 20.7. The number of aliphatic carboxylic acids is 1. The number of nitrogens with zero attached hydrogens (tertiary/aromatic N) is 2. The molecule has 190 valence electrons. The number of amides is 1. The van der Waals surface area contributed by atoms with Crippen molar-refractivity contribution in [1.29, 1.82) is 0 Å². The fraction of sp³-hybridized carbons (Fsp3) is 0.429. The summed E-state index contributed by atoms with van der Waals surface area (Å²) in [7, 11) is 0. The lowest BCUT2D eigenvalue weighted by Gasteiger charge is -2.52. The van der Waals surface area contributed by atoms with Gasteiger partial charge in [-0.2, -0.15) is 0 Å². The van der Waals surface area contributed by atoms with Gasteiger partial charge in [-0.25, -0.2) is 4.39 Å². The minimum Gasteiger partial charge on any atom is -0.481 e. The first-order valence-corrected chi connectivity index (χ1v) is 12.4. The Bertz CT molecular complexity index is 1290. The first-order chi connectivity index (χ1) is 17.1. The van der Waals surface area contributed by atoms with Crippen molar-refractivity contribution in [1.82, 2.24) is 9.88 Å². The lowest BCUT2D eigenvalue weighted by molar-refractivity contribution is -0.142. The van der Waals surface area contributed by atoms with Crippen molar-refractivity contribution >= 4 is 28.5 Å². The number of ether oxygens (including phenoxy) is 1. The van der Waals surface area contributed by atoms with E-state index in [9.17, 15) is 14.0 Å². The highest BCUT2D eigenvalue weighted by molar-refractivity contribution is 6.06. The van der Waals surface area contributed by atoms with Gasteiger partial charge in [-0.05, 0) is 61.1 Å². The number of carbonyl (C=O) groups is 2. The van der Waals surface area contributed by atoms with E-state index in [0.29, 0.717) is 35.9 Å². The van der Waals surface area contributed by atoms with Crippen molar-refractivity contribution in [2.75, 3.05) is 31.2 Å². The molecule has 3 aromatic rings. The van der Waals surface area contributed by atoms with E-state index in [2.05, 4.69) is 34.5 Å². The number of aromatic nitrogens is 1. The molecule has 1 saturated carbocycles. The molecule has 8 heteroatoms.